The molecule has 6 nitrogen and oxygen atoms in total. The first-order chi connectivity index (χ1) is 9.41. The average molecular weight is 279 g/mol. The van der Waals surface area contributed by atoms with Gasteiger partial charge in [0.2, 0.25) is 0 Å². The number of aromatic nitrogens is 1. The van der Waals surface area contributed by atoms with Crippen LogP contribution in [-0.4, -0.2) is 28.6 Å². The Kier molecular flexibility index (Phi) is 5.96. The lowest BCUT2D eigenvalue weighted by Crippen LogP contribution is -2.41. The van der Waals surface area contributed by atoms with Gasteiger partial charge in [0.15, 0.2) is 0 Å². The zero-order valence-corrected chi connectivity index (χ0v) is 12.0. The topological polar surface area (TPSA) is 91.3 Å². The molecule has 1 aromatic heterocycles. The van der Waals surface area contributed by atoms with Crippen molar-refractivity contribution in [1.29, 1.82) is 0 Å². The van der Waals surface area contributed by atoms with Crippen molar-refractivity contribution in [1.82, 2.24) is 15.6 Å². The van der Waals surface area contributed by atoms with Crippen LogP contribution in [0.3, 0.4) is 0 Å². The highest BCUT2D eigenvalue weighted by Crippen LogP contribution is 2.09. The fourth-order valence-electron chi connectivity index (χ4n) is 1.73. The van der Waals surface area contributed by atoms with Crippen molar-refractivity contribution in [3.63, 3.8) is 0 Å². The number of nitrogens with zero attached hydrogens (tertiary/aromatic N) is 1. The summed E-state index contributed by atoms with van der Waals surface area (Å²) >= 11 is 0. The molecular weight excluding hydrogens is 258 g/mol. The Morgan fingerprint density at radius 1 is 1.35 bits per heavy atom. The Hall–Kier alpha value is -2.11. The second kappa shape index (κ2) is 7.47. The molecule has 1 atom stereocenters. The van der Waals surface area contributed by atoms with Gasteiger partial charge in [-0.3, -0.25) is 9.78 Å². The number of rotatable bonds is 6. The SMILES string of the molecule is Cc1ccncc1CNC(=O)NCC(C(=O)O)C(C)C. The van der Waals surface area contributed by atoms with Crippen LogP contribution in [0.25, 0.3) is 0 Å². The molecule has 0 saturated carbocycles. The number of nitrogens with one attached hydrogen (secondary N) is 2. The normalized spacial score (nSPS) is 12.0. The van der Waals surface area contributed by atoms with Crippen LogP contribution in [0, 0.1) is 18.8 Å². The Balaban J connectivity index is 2.41. The Morgan fingerprint density at radius 3 is 2.60 bits per heavy atom. The van der Waals surface area contributed by atoms with Gasteiger partial charge >= 0.3 is 12.0 Å². The van der Waals surface area contributed by atoms with E-state index in [0.29, 0.717) is 6.54 Å². The van der Waals surface area contributed by atoms with Crippen molar-refractivity contribution in [3.8, 4) is 0 Å². The number of carbonyl (C=O) groups excluding carboxylic acids is 1. The first-order valence-electron chi connectivity index (χ1n) is 6.55. The van der Waals surface area contributed by atoms with Crippen molar-refractivity contribution >= 4 is 12.0 Å². The number of pyridine rings is 1. The van der Waals surface area contributed by atoms with E-state index < -0.39 is 11.9 Å². The maximum Gasteiger partial charge on any atom is 0.315 e. The molecule has 0 aromatic carbocycles. The van der Waals surface area contributed by atoms with Gasteiger partial charge in [-0.2, -0.15) is 0 Å². The minimum Gasteiger partial charge on any atom is -0.481 e. The van der Waals surface area contributed by atoms with E-state index >= 15 is 0 Å². The summed E-state index contributed by atoms with van der Waals surface area (Å²) in [4.78, 5) is 26.6. The van der Waals surface area contributed by atoms with E-state index in [-0.39, 0.29) is 18.5 Å². The fourth-order valence-corrected chi connectivity index (χ4v) is 1.73. The van der Waals surface area contributed by atoms with Gasteiger partial charge in [0, 0.05) is 25.5 Å². The number of hydrogen-bond donors (Lipinski definition) is 3. The molecule has 0 bridgehead atoms. The van der Waals surface area contributed by atoms with E-state index in [9.17, 15) is 9.59 Å². The smallest absolute Gasteiger partial charge is 0.315 e. The van der Waals surface area contributed by atoms with Crippen LogP contribution in [-0.2, 0) is 11.3 Å². The maximum atomic E-state index is 11.6. The summed E-state index contributed by atoms with van der Waals surface area (Å²) in [7, 11) is 0. The summed E-state index contributed by atoms with van der Waals surface area (Å²) in [6, 6.07) is 1.49. The van der Waals surface area contributed by atoms with Gasteiger partial charge in [0.1, 0.15) is 0 Å². The number of carboxylic acids is 1. The predicted molar refractivity (Wildman–Crippen MR) is 75.2 cm³/mol. The molecule has 0 saturated heterocycles. The molecule has 110 valence electrons. The molecule has 6 heteroatoms. The monoisotopic (exact) mass is 279 g/mol. The van der Waals surface area contributed by atoms with Crippen molar-refractivity contribution < 1.29 is 14.7 Å². The minimum absolute atomic E-state index is 0.0339. The lowest BCUT2D eigenvalue weighted by atomic mass is 9.96. The van der Waals surface area contributed by atoms with Crippen LogP contribution in [0.1, 0.15) is 25.0 Å². The Bertz CT molecular complexity index is 474. The molecule has 0 aliphatic heterocycles. The van der Waals surface area contributed by atoms with Gasteiger partial charge in [-0.15, -0.1) is 0 Å². The summed E-state index contributed by atoms with van der Waals surface area (Å²) in [6.07, 6.45) is 3.39. The molecule has 0 aliphatic carbocycles. The van der Waals surface area contributed by atoms with Crippen molar-refractivity contribution in [2.75, 3.05) is 6.54 Å². The molecular formula is C14H21N3O3. The number of urea groups is 1. The molecule has 1 unspecified atom stereocenters. The standard InChI is InChI=1S/C14H21N3O3/c1-9(2)12(13(18)19)8-17-14(20)16-7-11-6-15-5-4-10(11)3/h4-6,9,12H,7-8H2,1-3H3,(H,18,19)(H2,16,17,20). The molecule has 0 fully saturated rings. The number of aryl methyl sites for hydroxylation is 1. The van der Waals surface area contributed by atoms with Crippen LogP contribution in [0.4, 0.5) is 4.79 Å². The molecule has 2 amide bonds. The summed E-state index contributed by atoms with van der Waals surface area (Å²) in [5.41, 5.74) is 1.98. The Morgan fingerprint density at radius 2 is 2.05 bits per heavy atom. The molecule has 0 radical (unpaired) electrons. The highest BCUT2D eigenvalue weighted by molar-refractivity contribution is 5.75. The van der Waals surface area contributed by atoms with Gasteiger partial charge in [0.05, 0.1) is 5.92 Å². The van der Waals surface area contributed by atoms with E-state index in [2.05, 4.69) is 15.6 Å². The molecule has 1 aromatic rings. The second-order valence-electron chi connectivity index (χ2n) is 5.05. The van der Waals surface area contributed by atoms with Crippen molar-refractivity contribution in [2.45, 2.75) is 27.3 Å². The van der Waals surface area contributed by atoms with Crippen molar-refractivity contribution in [2.24, 2.45) is 11.8 Å². The highest BCUT2D eigenvalue weighted by Gasteiger charge is 2.21. The van der Waals surface area contributed by atoms with Crippen LogP contribution in [0.2, 0.25) is 0 Å². The van der Waals surface area contributed by atoms with Gasteiger partial charge in [0.25, 0.3) is 0 Å². The minimum atomic E-state index is -0.900. The van der Waals surface area contributed by atoms with Gasteiger partial charge in [-0.1, -0.05) is 13.8 Å². The quantitative estimate of drug-likeness (QED) is 0.736. The van der Waals surface area contributed by atoms with E-state index in [0.717, 1.165) is 11.1 Å². The largest absolute Gasteiger partial charge is 0.481 e. The number of amides is 2. The first-order valence-corrected chi connectivity index (χ1v) is 6.55. The van der Waals surface area contributed by atoms with Gasteiger partial charge in [-0.25, -0.2) is 4.79 Å². The summed E-state index contributed by atoms with van der Waals surface area (Å²) in [5, 5.41) is 14.3. The highest BCUT2D eigenvalue weighted by atomic mass is 16.4. The van der Waals surface area contributed by atoms with E-state index in [1.165, 1.54) is 0 Å². The number of carboxylic acid groups (broad SMARTS) is 1. The fraction of sp³-hybridized carbons (Fsp3) is 0.500. The van der Waals surface area contributed by atoms with Crippen molar-refractivity contribution in [3.05, 3.63) is 29.6 Å². The van der Waals surface area contributed by atoms with Gasteiger partial charge in [-0.05, 0) is 30.0 Å². The number of hydrogen-bond acceptors (Lipinski definition) is 3. The second-order valence-corrected chi connectivity index (χ2v) is 5.05. The summed E-state index contributed by atoms with van der Waals surface area (Å²) in [6.45, 7) is 6.06. The van der Waals surface area contributed by atoms with E-state index in [1.807, 2.05) is 26.8 Å². The molecule has 1 heterocycles. The lowest BCUT2D eigenvalue weighted by molar-refractivity contribution is -0.142. The first kappa shape index (κ1) is 15.9. The van der Waals surface area contributed by atoms with Crippen LogP contribution in [0.5, 0.6) is 0 Å². The zero-order valence-electron chi connectivity index (χ0n) is 12.0. The van der Waals surface area contributed by atoms with Gasteiger partial charge < -0.3 is 15.7 Å². The molecule has 0 aliphatic rings. The predicted octanol–water partition coefficient (Wildman–Crippen LogP) is 1.55. The van der Waals surface area contributed by atoms with E-state index in [1.54, 1.807) is 12.4 Å². The van der Waals surface area contributed by atoms with Crippen LogP contribution < -0.4 is 10.6 Å². The number of carbonyl (C=O) groups is 2. The summed E-state index contributed by atoms with van der Waals surface area (Å²) in [5.74, 6) is -1.52. The third-order valence-corrected chi connectivity index (χ3v) is 3.19. The Labute approximate surface area is 118 Å². The number of aliphatic carboxylic acids is 1. The summed E-state index contributed by atoms with van der Waals surface area (Å²) < 4.78 is 0. The van der Waals surface area contributed by atoms with E-state index in [4.69, 9.17) is 5.11 Å². The van der Waals surface area contributed by atoms with Crippen LogP contribution in [0.15, 0.2) is 18.5 Å². The third kappa shape index (κ3) is 4.87. The third-order valence-electron chi connectivity index (χ3n) is 3.19. The molecule has 20 heavy (non-hydrogen) atoms. The molecule has 1 rings (SSSR count). The molecule has 3 N–H and O–H groups in total. The maximum absolute atomic E-state index is 11.6. The zero-order chi connectivity index (χ0) is 15.1. The lowest BCUT2D eigenvalue weighted by Gasteiger charge is -2.17. The van der Waals surface area contributed by atoms with Crippen LogP contribution >= 0.6 is 0 Å². The average Bonchev–Trinajstić information content (AvgIpc) is 2.37. The molecule has 0 spiro atoms.